The zero-order chi connectivity index (χ0) is 10.8. The summed E-state index contributed by atoms with van der Waals surface area (Å²) in [5.41, 5.74) is 0. The molecule has 0 aromatic carbocycles. The van der Waals surface area contributed by atoms with Gasteiger partial charge in [0, 0.05) is 19.0 Å². The Hall–Kier alpha value is -1.04. The maximum Gasteiger partial charge on any atom is 0.224 e. The molecule has 1 aliphatic heterocycles. The van der Waals surface area contributed by atoms with Crippen molar-refractivity contribution in [1.29, 1.82) is 5.26 Å². The largest absolute Gasteiger partial charge is 0.338 e. The highest BCUT2D eigenvalue weighted by Crippen LogP contribution is 2.36. The zero-order valence-electron chi connectivity index (χ0n) is 9.28. The monoisotopic (exact) mass is 206 g/mol. The van der Waals surface area contributed by atoms with E-state index in [2.05, 4.69) is 13.0 Å². The molecule has 0 radical (unpaired) electrons. The molecule has 2 unspecified atom stereocenters. The van der Waals surface area contributed by atoms with Crippen LogP contribution in [0.4, 0.5) is 0 Å². The molecule has 15 heavy (non-hydrogen) atoms. The van der Waals surface area contributed by atoms with Gasteiger partial charge in [0.05, 0.1) is 12.0 Å². The average Bonchev–Trinajstić information content (AvgIpc) is 2.98. The van der Waals surface area contributed by atoms with E-state index >= 15 is 0 Å². The Bertz CT molecular complexity index is 290. The van der Waals surface area contributed by atoms with Gasteiger partial charge in [-0.3, -0.25) is 4.79 Å². The number of carbonyl (C=O) groups excluding carboxylic acids is 1. The Balaban J connectivity index is 1.95. The average molecular weight is 206 g/mol. The molecule has 3 heteroatoms. The summed E-state index contributed by atoms with van der Waals surface area (Å²) in [5, 5.41) is 8.82. The summed E-state index contributed by atoms with van der Waals surface area (Å²) in [5.74, 6) is 0.976. The number of amides is 1. The van der Waals surface area contributed by atoms with E-state index in [-0.39, 0.29) is 11.8 Å². The van der Waals surface area contributed by atoms with Crippen LogP contribution in [0, 0.1) is 23.2 Å². The van der Waals surface area contributed by atoms with Gasteiger partial charge in [0.15, 0.2) is 0 Å². The van der Waals surface area contributed by atoms with Crippen molar-refractivity contribution in [2.24, 2.45) is 11.8 Å². The molecule has 2 atom stereocenters. The molecule has 2 rings (SSSR count). The second-order valence-corrected chi connectivity index (χ2v) is 4.82. The van der Waals surface area contributed by atoms with Gasteiger partial charge in [-0.15, -0.1) is 0 Å². The van der Waals surface area contributed by atoms with E-state index in [1.807, 2.05) is 4.90 Å². The van der Waals surface area contributed by atoms with Gasteiger partial charge < -0.3 is 4.90 Å². The Morgan fingerprint density at radius 1 is 1.60 bits per heavy atom. The van der Waals surface area contributed by atoms with Crippen LogP contribution in [0.5, 0.6) is 0 Å². The minimum atomic E-state index is -0.0641. The van der Waals surface area contributed by atoms with E-state index in [9.17, 15) is 4.79 Å². The number of nitriles is 1. The van der Waals surface area contributed by atoms with Crippen LogP contribution < -0.4 is 0 Å². The Kier molecular flexibility index (Phi) is 2.95. The van der Waals surface area contributed by atoms with E-state index in [0.29, 0.717) is 19.0 Å². The summed E-state index contributed by atoms with van der Waals surface area (Å²) in [6.07, 6.45) is 5.29. The molecular formula is C12H18N2O. The Morgan fingerprint density at radius 2 is 2.33 bits per heavy atom. The first-order valence-corrected chi connectivity index (χ1v) is 5.93. The maximum absolute atomic E-state index is 11.7. The van der Waals surface area contributed by atoms with Gasteiger partial charge in [-0.1, -0.05) is 19.8 Å². The molecule has 82 valence electrons. The lowest BCUT2D eigenvalue weighted by Crippen LogP contribution is -2.36. The van der Waals surface area contributed by atoms with E-state index in [1.165, 1.54) is 12.8 Å². The highest BCUT2D eigenvalue weighted by atomic mass is 16.2. The molecule has 1 saturated carbocycles. The first kappa shape index (κ1) is 10.5. The van der Waals surface area contributed by atoms with Crippen LogP contribution >= 0.6 is 0 Å². The van der Waals surface area contributed by atoms with Crippen LogP contribution in [0.1, 0.15) is 39.0 Å². The zero-order valence-corrected chi connectivity index (χ0v) is 9.28. The number of rotatable bonds is 4. The standard InChI is InChI=1S/C12H18N2O/c1-2-11(5-9-3-4-9)14-8-10(7-13)6-12(14)15/h9-11H,2-6,8H2,1H3. The van der Waals surface area contributed by atoms with Gasteiger partial charge in [0.2, 0.25) is 5.91 Å². The highest BCUT2D eigenvalue weighted by Gasteiger charge is 2.36. The first-order valence-electron chi connectivity index (χ1n) is 5.93. The lowest BCUT2D eigenvalue weighted by molar-refractivity contribution is -0.129. The van der Waals surface area contributed by atoms with Crippen molar-refractivity contribution in [2.45, 2.75) is 45.1 Å². The molecular weight excluding hydrogens is 188 g/mol. The summed E-state index contributed by atoms with van der Waals surface area (Å²) < 4.78 is 0. The van der Waals surface area contributed by atoms with Crippen molar-refractivity contribution < 1.29 is 4.79 Å². The van der Waals surface area contributed by atoms with E-state index in [1.54, 1.807) is 0 Å². The number of hydrogen-bond acceptors (Lipinski definition) is 2. The van der Waals surface area contributed by atoms with Crippen LogP contribution in [-0.2, 0) is 4.79 Å². The summed E-state index contributed by atoms with van der Waals surface area (Å²) >= 11 is 0. The van der Waals surface area contributed by atoms with Crippen molar-refractivity contribution >= 4 is 5.91 Å². The Morgan fingerprint density at radius 3 is 2.80 bits per heavy atom. The fourth-order valence-electron chi connectivity index (χ4n) is 2.42. The third-order valence-electron chi connectivity index (χ3n) is 3.56. The summed E-state index contributed by atoms with van der Waals surface area (Å²) in [6.45, 7) is 2.81. The minimum absolute atomic E-state index is 0.0641. The molecule has 0 spiro atoms. The maximum atomic E-state index is 11.7. The fraction of sp³-hybridized carbons (Fsp3) is 0.833. The van der Waals surface area contributed by atoms with E-state index in [4.69, 9.17) is 5.26 Å². The first-order chi connectivity index (χ1) is 7.24. The van der Waals surface area contributed by atoms with Gasteiger partial charge in [0.25, 0.3) is 0 Å². The van der Waals surface area contributed by atoms with Crippen LogP contribution in [0.25, 0.3) is 0 Å². The molecule has 1 aliphatic carbocycles. The van der Waals surface area contributed by atoms with Crippen LogP contribution in [0.15, 0.2) is 0 Å². The predicted molar refractivity (Wildman–Crippen MR) is 56.9 cm³/mol. The summed E-state index contributed by atoms with van der Waals surface area (Å²) in [7, 11) is 0. The highest BCUT2D eigenvalue weighted by molar-refractivity contribution is 5.79. The molecule has 1 amide bonds. The minimum Gasteiger partial charge on any atom is -0.338 e. The third kappa shape index (κ3) is 2.31. The van der Waals surface area contributed by atoms with Crippen molar-refractivity contribution in [3.05, 3.63) is 0 Å². The molecule has 0 N–H and O–H groups in total. The second kappa shape index (κ2) is 4.22. The molecule has 2 fully saturated rings. The normalized spacial score (nSPS) is 27.9. The van der Waals surface area contributed by atoms with Gasteiger partial charge in [-0.25, -0.2) is 0 Å². The predicted octanol–water partition coefficient (Wildman–Crippen LogP) is 1.94. The van der Waals surface area contributed by atoms with Gasteiger partial charge in [-0.05, 0) is 18.8 Å². The van der Waals surface area contributed by atoms with Gasteiger partial charge in [0.1, 0.15) is 0 Å². The molecule has 1 saturated heterocycles. The van der Waals surface area contributed by atoms with E-state index in [0.717, 1.165) is 18.8 Å². The van der Waals surface area contributed by atoms with Gasteiger partial charge >= 0.3 is 0 Å². The molecule has 1 heterocycles. The SMILES string of the molecule is CCC(CC1CC1)N1CC(C#N)CC1=O. The van der Waals surface area contributed by atoms with E-state index < -0.39 is 0 Å². The van der Waals surface area contributed by atoms with Crippen molar-refractivity contribution in [3.63, 3.8) is 0 Å². The number of carbonyl (C=O) groups is 1. The molecule has 0 bridgehead atoms. The van der Waals surface area contributed by atoms with Crippen LogP contribution in [0.2, 0.25) is 0 Å². The van der Waals surface area contributed by atoms with Crippen LogP contribution in [0.3, 0.4) is 0 Å². The van der Waals surface area contributed by atoms with Crippen molar-refractivity contribution in [1.82, 2.24) is 4.90 Å². The summed E-state index contributed by atoms with van der Waals surface area (Å²) in [4.78, 5) is 13.7. The smallest absolute Gasteiger partial charge is 0.224 e. The molecule has 0 aromatic heterocycles. The number of nitrogens with zero attached hydrogens (tertiary/aromatic N) is 2. The molecule has 3 nitrogen and oxygen atoms in total. The lowest BCUT2D eigenvalue weighted by atomic mass is 10.1. The van der Waals surface area contributed by atoms with Crippen LogP contribution in [-0.4, -0.2) is 23.4 Å². The molecule has 2 aliphatic rings. The number of hydrogen-bond donors (Lipinski definition) is 0. The third-order valence-corrected chi connectivity index (χ3v) is 3.56. The Labute approximate surface area is 91.1 Å². The fourth-order valence-corrected chi connectivity index (χ4v) is 2.42. The van der Waals surface area contributed by atoms with Crippen molar-refractivity contribution in [2.75, 3.05) is 6.54 Å². The molecule has 0 aromatic rings. The number of likely N-dealkylation sites (tertiary alicyclic amines) is 1. The quantitative estimate of drug-likeness (QED) is 0.705. The van der Waals surface area contributed by atoms with Crippen molar-refractivity contribution in [3.8, 4) is 6.07 Å². The topological polar surface area (TPSA) is 44.1 Å². The van der Waals surface area contributed by atoms with Gasteiger partial charge in [-0.2, -0.15) is 5.26 Å². The lowest BCUT2D eigenvalue weighted by Gasteiger charge is -2.26. The summed E-state index contributed by atoms with van der Waals surface area (Å²) in [6, 6.07) is 2.60. The second-order valence-electron chi connectivity index (χ2n) is 4.82.